The van der Waals surface area contributed by atoms with Crippen LogP contribution in [0.2, 0.25) is 0 Å². The summed E-state index contributed by atoms with van der Waals surface area (Å²) < 4.78 is 0. The molecule has 0 aliphatic heterocycles. The van der Waals surface area contributed by atoms with Gasteiger partial charge in [0.15, 0.2) is 0 Å². The molecule has 0 radical (unpaired) electrons. The lowest BCUT2D eigenvalue weighted by atomic mass is 9.77. The normalized spacial score (nSPS) is 28.6. The van der Waals surface area contributed by atoms with Gasteiger partial charge in [0.25, 0.3) is 0 Å². The van der Waals surface area contributed by atoms with Crippen LogP contribution in [0.5, 0.6) is 0 Å². The number of carbonyl (C=O) groups excluding carboxylic acids is 1. The fraction of sp³-hybridized carbons (Fsp3) is 0.929. The SMILES string of the molecule is CCCNC1(C(N)=O)CCCC(N(C)CCC)C1. The molecule has 2 atom stereocenters. The molecule has 0 aromatic rings. The van der Waals surface area contributed by atoms with Crippen molar-refractivity contribution in [3.05, 3.63) is 0 Å². The maximum Gasteiger partial charge on any atom is 0.237 e. The van der Waals surface area contributed by atoms with Gasteiger partial charge in [0.05, 0.1) is 5.54 Å². The molecular weight excluding hydrogens is 226 g/mol. The Morgan fingerprint density at radius 3 is 2.72 bits per heavy atom. The summed E-state index contributed by atoms with van der Waals surface area (Å²) in [5, 5.41) is 3.41. The average Bonchev–Trinajstić information content (AvgIpc) is 2.36. The lowest BCUT2D eigenvalue weighted by molar-refractivity contribution is -0.126. The van der Waals surface area contributed by atoms with Gasteiger partial charge in [0.1, 0.15) is 0 Å². The number of nitrogens with zero attached hydrogens (tertiary/aromatic N) is 1. The monoisotopic (exact) mass is 255 g/mol. The molecule has 0 bridgehead atoms. The first-order valence-corrected chi connectivity index (χ1v) is 7.31. The zero-order valence-electron chi connectivity index (χ0n) is 12.2. The van der Waals surface area contributed by atoms with Crippen LogP contribution in [0.4, 0.5) is 0 Å². The highest BCUT2D eigenvalue weighted by molar-refractivity contribution is 5.84. The fourth-order valence-electron chi connectivity index (χ4n) is 2.99. The summed E-state index contributed by atoms with van der Waals surface area (Å²) in [5.41, 5.74) is 5.19. The van der Waals surface area contributed by atoms with Crippen molar-refractivity contribution in [1.82, 2.24) is 10.2 Å². The van der Waals surface area contributed by atoms with E-state index in [1.165, 1.54) is 6.42 Å². The van der Waals surface area contributed by atoms with E-state index in [4.69, 9.17) is 5.73 Å². The van der Waals surface area contributed by atoms with Gasteiger partial charge in [-0.1, -0.05) is 13.8 Å². The molecule has 4 nitrogen and oxygen atoms in total. The Morgan fingerprint density at radius 2 is 2.17 bits per heavy atom. The van der Waals surface area contributed by atoms with Crippen molar-refractivity contribution in [2.24, 2.45) is 5.73 Å². The summed E-state index contributed by atoms with van der Waals surface area (Å²) >= 11 is 0. The van der Waals surface area contributed by atoms with Crippen molar-refractivity contribution in [2.75, 3.05) is 20.1 Å². The van der Waals surface area contributed by atoms with Gasteiger partial charge in [-0.05, 0) is 58.7 Å². The average molecular weight is 255 g/mol. The van der Waals surface area contributed by atoms with Crippen LogP contribution in [-0.4, -0.2) is 42.5 Å². The Balaban J connectivity index is 2.70. The number of nitrogens with one attached hydrogen (secondary N) is 1. The second-order valence-electron chi connectivity index (χ2n) is 5.60. The third-order valence-electron chi connectivity index (χ3n) is 4.11. The number of rotatable bonds is 7. The molecule has 0 spiro atoms. The van der Waals surface area contributed by atoms with Gasteiger partial charge in [-0.25, -0.2) is 0 Å². The molecule has 1 saturated carbocycles. The Morgan fingerprint density at radius 1 is 1.44 bits per heavy atom. The van der Waals surface area contributed by atoms with Crippen LogP contribution in [0, 0.1) is 0 Å². The van der Waals surface area contributed by atoms with Crippen LogP contribution in [0.3, 0.4) is 0 Å². The summed E-state index contributed by atoms with van der Waals surface area (Å²) in [4.78, 5) is 14.2. The topological polar surface area (TPSA) is 58.4 Å². The smallest absolute Gasteiger partial charge is 0.237 e. The molecule has 0 aromatic carbocycles. The Kier molecular flexibility index (Phi) is 6.09. The molecule has 1 rings (SSSR count). The largest absolute Gasteiger partial charge is 0.368 e. The molecule has 1 fully saturated rings. The van der Waals surface area contributed by atoms with Crippen LogP contribution in [0.1, 0.15) is 52.4 Å². The van der Waals surface area contributed by atoms with E-state index in [1.54, 1.807) is 0 Å². The zero-order valence-corrected chi connectivity index (χ0v) is 12.2. The third kappa shape index (κ3) is 3.69. The van der Waals surface area contributed by atoms with Crippen molar-refractivity contribution in [3.63, 3.8) is 0 Å². The summed E-state index contributed by atoms with van der Waals surface area (Å²) in [6, 6.07) is 0.482. The highest BCUT2D eigenvalue weighted by atomic mass is 16.1. The van der Waals surface area contributed by atoms with Crippen molar-refractivity contribution < 1.29 is 4.79 Å². The van der Waals surface area contributed by atoms with Crippen LogP contribution in [0.15, 0.2) is 0 Å². The molecule has 0 heterocycles. The van der Waals surface area contributed by atoms with Crippen LogP contribution >= 0.6 is 0 Å². The Hall–Kier alpha value is -0.610. The molecule has 1 aliphatic rings. The van der Waals surface area contributed by atoms with E-state index in [-0.39, 0.29) is 5.91 Å². The minimum absolute atomic E-state index is 0.175. The molecule has 1 aliphatic carbocycles. The van der Waals surface area contributed by atoms with Gasteiger partial charge in [0.2, 0.25) is 5.91 Å². The number of carbonyl (C=O) groups is 1. The van der Waals surface area contributed by atoms with Crippen molar-refractivity contribution in [2.45, 2.75) is 64.0 Å². The third-order valence-corrected chi connectivity index (χ3v) is 4.11. The van der Waals surface area contributed by atoms with E-state index in [0.29, 0.717) is 6.04 Å². The highest BCUT2D eigenvalue weighted by Crippen LogP contribution is 2.31. The van der Waals surface area contributed by atoms with E-state index in [9.17, 15) is 4.79 Å². The predicted octanol–water partition coefficient (Wildman–Crippen LogP) is 1.49. The quantitative estimate of drug-likeness (QED) is 0.725. The van der Waals surface area contributed by atoms with E-state index in [0.717, 1.165) is 45.2 Å². The molecule has 106 valence electrons. The number of amides is 1. The minimum Gasteiger partial charge on any atom is -0.368 e. The van der Waals surface area contributed by atoms with Crippen LogP contribution < -0.4 is 11.1 Å². The first-order chi connectivity index (χ1) is 8.55. The van der Waals surface area contributed by atoms with Crippen LogP contribution in [0.25, 0.3) is 0 Å². The second kappa shape index (κ2) is 7.10. The lowest BCUT2D eigenvalue weighted by Crippen LogP contribution is -2.60. The molecule has 3 N–H and O–H groups in total. The molecule has 2 unspecified atom stereocenters. The van der Waals surface area contributed by atoms with Crippen molar-refractivity contribution >= 4 is 5.91 Å². The maximum atomic E-state index is 11.8. The fourth-order valence-corrected chi connectivity index (χ4v) is 2.99. The van der Waals surface area contributed by atoms with Gasteiger partial charge in [-0.15, -0.1) is 0 Å². The first kappa shape index (κ1) is 15.4. The first-order valence-electron chi connectivity index (χ1n) is 7.31. The number of hydrogen-bond acceptors (Lipinski definition) is 3. The molecule has 1 amide bonds. The van der Waals surface area contributed by atoms with Crippen molar-refractivity contribution in [1.29, 1.82) is 0 Å². The number of primary amides is 1. The van der Waals surface area contributed by atoms with E-state index >= 15 is 0 Å². The van der Waals surface area contributed by atoms with E-state index in [2.05, 4.69) is 31.1 Å². The van der Waals surface area contributed by atoms with Gasteiger partial charge in [0, 0.05) is 6.04 Å². The van der Waals surface area contributed by atoms with Gasteiger partial charge in [-0.3, -0.25) is 4.79 Å². The van der Waals surface area contributed by atoms with Crippen LogP contribution in [-0.2, 0) is 4.79 Å². The summed E-state index contributed by atoms with van der Waals surface area (Å²) in [5.74, 6) is -0.175. The summed E-state index contributed by atoms with van der Waals surface area (Å²) in [7, 11) is 2.16. The number of hydrogen-bond donors (Lipinski definition) is 2. The molecule has 0 saturated heterocycles. The number of nitrogens with two attached hydrogens (primary N) is 1. The zero-order chi connectivity index (χ0) is 13.6. The van der Waals surface area contributed by atoms with Gasteiger partial charge < -0.3 is 16.0 Å². The lowest BCUT2D eigenvalue weighted by Gasteiger charge is -2.42. The summed E-state index contributed by atoms with van der Waals surface area (Å²) in [6.45, 7) is 6.27. The molecular formula is C14H29N3O. The van der Waals surface area contributed by atoms with E-state index in [1.807, 2.05) is 0 Å². The molecule has 18 heavy (non-hydrogen) atoms. The molecule has 4 heteroatoms. The second-order valence-corrected chi connectivity index (χ2v) is 5.60. The Bertz CT molecular complexity index is 270. The van der Waals surface area contributed by atoms with E-state index < -0.39 is 5.54 Å². The summed E-state index contributed by atoms with van der Waals surface area (Å²) in [6.07, 6.45) is 6.19. The minimum atomic E-state index is -0.471. The standard InChI is InChI=1S/C14H29N3O/c1-4-9-16-14(13(15)18)8-6-7-12(11-14)17(3)10-5-2/h12,16H,4-11H2,1-3H3,(H2,15,18). The maximum absolute atomic E-state index is 11.8. The van der Waals surface area contributed by atoms with Crippen molar-refractivity contribution in [3.8, 4) is 0 Å². The van der Waals surface area contributed by atoms with Gasteiger partial charge >= 0.3 is 0 Å². The highest BCUT2D eigenvalue weighted by Gasteiger charge is 2.41. The molecule has 0 aromatic heterocycles. The van der Waals surface area contributed by atoms with Gasteiger partial charge in [-0.2, -0.15) is 0 Å². The Labute approximate surface area is 111 Å². The predicted molar refractivity (Wildman–Crippen MR) is 75.4 cm³/mol.